The average Bonchev–Trinajstić information content (AvgIpc) is 2.82. The number of halogens is 2. The van der Waals surface area contributed by atoms with Crippen LogP contribution in [0.25, 0.3) is 0 Å². The molecule has 1 aromatic rings. The summed E-state index contributed by atoms with van der Waals surface area (Å²) in [5.41, 5.74) is -1.72. The van der Waals surface area contributed by atoms with Crippen LogP contribution in [-0.2, 0) is 4.79 Å². The molecule has 0 fully saturated rings. The SMILES string of the molecule is CCC(C)NC(=O)C(C)n1nnc(C(=O)O)c1C(F)F. The molecule has 2 atom stereocenters. The molecule has 1 amide bonds. The van der Waals surface area contributed by atoms with E-state index in [1.807, 2.05) is 6.92 Å². The van der Waals surface area contributed by atoms with Crippen LogP contribution >= 0.6 is 0 Å². The molecule has 112 valence electrons. The fourth-order valence-corrected chi connectivity index (χ4v) is 1.52. The minimum atomic E-state index is -3.09. The number of carbonyl (C=O) groups excluding carboxylic acids is 1. The summed E-state index contributed by atoms with van der Waals surface area (Å²) in [6.45, 7) is 4.98. The maximum absolute atomic E-state index is 12.9. The molecule has 0 radical (unpaired) electrons. The number of nitrogens with zero attached hydrogens (tertiary/aromatic N) is 3. The monoisotopic (exact) mass is 290 g/mol. The number of amides is 1. The topological polar surface area (TPSA) is 97.1 Å². The second kappa shape index (κ2) is 6.40. The normalized spacial score (nSPS) is 14.1. The van der Waals surface area contributed by atoms with E-state index in [1.54, 1.807) is 6.92 Å². The fraction of sp³-hybridized carbons (Fsp3) is 0.636. The van der Waals surface area contributed by atoms with Crippen molar-refractivity contribution in [1.82, 2.24) is 20.3 Å². The van der Waals surface area contributed by atoms with E-state index in [-0.39, 0.29) is 6.04 Å². The number of hydrogen-bond donors (Lipinski definition) is 2. The van der Waals surface area contributed by atoms with Gasteiger partial charge in [0, 0.05) is 6.04 Å². The van der Waals surface area contributed by atoms with Gasteiger partial charge in [0.1, 0.15) is 11.7 Å². The largest absolute Gasteiger partial charge is 0.476 e. The number of rotatable bonds is 6. The lowest BCUT2D eigenvalue weighted by Gasteiger charge is -2.17. The molecule has 0 aliphatic rings. The highest BCUT2D eigenvalue weighted by Crippen LogP contribution is 2.24. The molecular weight excluding hydrogens is 274 g/mol. The Labute approximate surface area is 114 Å². The summed E-state index contributed by atoms with van der Waals surface area (Å²) in [5, 5.41) is 17.9. The van der Waals surface area contributed by atoms with Gasteiger partial charge in [-0.25, -0.2) is 18.3 Å². The first-order valence-corrected chi connectivity index (χ1v) is 6.06. The lowest BCUT2D eigenvalue weighted by Crippen LogP contribution is -2.37. The summed E-state index contributed by atoms with van der Waals surface area (Å²) in [7, 11) is 0. The molecule has 0 bridgehead atoms. The lowest BCUT2D eigenvalue weighted by atomic mass is 10.2. The van der Waals surface area contributed by atoms with Gasteiger partial charge >= 0.3 is 5.97 Å². The highest BCUT2D eigenvalue weighted by atomic mass is 19.3. The third-order valence-electron chi connectivity index (χ3n) is 2.89. The summed E-state index contributed by atoms with van der Waals surface area (Å²) in [4.78, 5) is 22.7. The van der Waals surface area contributed by atoms with Crippen molar-refractivity contribution in [2.24, 2.45) is 0 Å². The van der Waals surface area contributed by atoms with Gasteiger partial charge in [-0.15, -0.1) is 5.10 Å². The number of hydrogen-bond acceptors (Lipinski definition) is 4. The van der Waals surface area contributed by atoms with Gasteiger partial charge in [0.15, 0.2) is 5.69 Å². The maximum Gasteiger partial charge on any atom is 0.358 e. The Morgan fingerprint density at radius 3 is 2.45 bits per heavy atom. The zero-order valence-electron chi connectivity index (χ0n) is 11.3. The van der Waals surface area contributed by atoms with Gasteiger partial charge in [-0.1, -0.05) is 12.1 Å². The van der Waals surface area contributed by atoms with Crippen molar-refractivity contribution in [3.63, 3.8) is 0 Å². The van der Waals surface area contributed by atoms with Crippen molar-refractivity contribution in [2.45, 2.75) is 45.7 Å². The van der Waals surface area contributed by atoms with Crippen molar-refractivity contribution in [2.75, 3.05) is 0 Å². The maximum atomic E-state index is 12.9. The Bertz CT molecular complexity index is 504. The number of aromatic carboxylic acids is 1. The molecule has 0 aliphatic heterocycles. The minimum absolute atomic E-state index is 0.123. The van der Waals surface area contributed by atoms with E-state index in [2.05, 4.69) is 15.6 Å². The summed E-state index contributed by atoms with van der Waals surface area (Å²) in [5.74, 6) is -2.14. The number of carboxylic acid groups (broad SMARTS) is 1. The van der Waals surface area contributed by atoms with Crippen LogP contribution in [0.2, 0.25) is 0 Å². The summed E-state index contributed by atoms with van der Waals surface area (Å²) >= 11 is 0. The highest BCUT2D eigenvalue weighted by molar-refractivity contribution is 5.87. The molecule has 0 saturated heterocycles. The predicted octanol–water partition coefficient (Wildman–Crippen LogP) is 1.39. The molecule has 7 nitrogen and oxygen atoms in total. The number of nitrogens with one attached hydrogen (secondary N) is 1. The standard InChI is InChI=1S/C11H16F2N4O3/c1-4-5(2)14-10(18)6(3)17-8(9(12)13)7(11(19)20)15-16-17/h5-6,9H,4H2,1-3H3,(H,14,18)(H,19,20). The van der Waals surface area contributed by atoms with Gasteiger partial charge in [0.25, 0.3) is 6.43 Å². The highest BCUT2D eigenvalue weighted by Gasteiger charge is 2.30. The second-order valence-electron chi connectivity index (χ2n) is 4.37. The van der Waals surface area contributed by atoms with E-state index in [0.717, 1.165) is 0 Å². The first kappa shape index (κ1) is 16.0. The van der Waals surface area contributed by atoms with Crippen molar-refractivity contribution < 1.29 is 23.5 Å². The quantitative estimate of drug-likeness (QED) is 0.825. The zero-order valence-corrected chi connectivity index (χ0v) is 11.3. The van der Waals surface area contributed by atoms with Gasteiger partial charge in [-0.05, 0) is 20.3 Å². The fourth-order valence-electron chi connectivity index (χ4n) is 1.52. The number of carbonyl (C=O) groups is 2. The first-order valence-electron chi connectivity index (χ1n) is 6.06. The molecular formula is C11H16F2N4O3. The zero-order chi connectivity index (χ0) is 15.4. The van der Waals surface area contributed by atoms with Crippen LogP contribution in [0.4, 0.5) is 8.78 Å². The van der Waals surface area contributed by atoms with Crippen molar-refractivity contribution in [1.29, 1.82) is 0 Å². The molecule has 1 heterocycles. The molecule has 9 heteroatoms. The van der Waals surface area contributed by atoms with Crippen molar-refractivity contribution in [3.05, 3.63) is 11.4 Å². The van der Waals surface area contributed by atoms with Crippen LogP contribution in [0.5, 0.6) is 0 Å². The molecule has 0 aliphatic carbocycles. The van der Waals surface area contributed by atoms with Crippen LogP contribution in [-0.4, -0.2) is 38.0 Å². The molecule has 2 N–H and O–H groups in total. The van der Waals surface area contributed by atoms with Crippen LogP contribution in [0, 0.1) is 0 Å². The van der Waals surface area contributed by atoms with Gasteiger partial charge in [0.2, 0.25) is 5.91 Å². The van der Waals surface area contributed by atoms with E-state index in [4.69, 9.17) is 5.11 Å². The van der Waals surface area contributed by atoms with E-state index in [1.165, 1.54) is 6.92 Å². The summed E-state index contributed by atoms with van der Waals surface area (Å²) in [6.07, 6.45) is -2.41. The number of aromatic nitrogens is 3. The molecule has 1 rings (SSSR count). The van der Waals surface area contributed by atoms with Crippen molar-refractivity contribution >= 4 is 11.9 Å². The summed E-state index contributed by atoms with van der Waals surface area (Å²) < 4.78 is 26.5. The Kier molecular flexibility index (Phi) is 5.12. The van der Waals surface area contributed by atoms with Crippen LogP contribution < -0.4 is 5.32 Å². The number of alkyl halides is 2. The molecule has 0 aromatic carbocycles. The Balaban J connectivity index is 3.07. The van der Waals surface area contributed by atoms with Gasteiger partial charge < -0.3 is 10.4 Å². The number of carboxylic acids is 1. The van der Waals surface area contributed by atoms with Crippen LogP contribution in [0.15, 0.2) is 0 Å². The van der Waals surface area contributed by atoms with Crippen molar-refractivity contribution in [3.8, 4) is 0 Å². The van der Waals surface area contributed by atoms with Crippen LogP contribution in [0.1, 0.15) is 55.8 Å². The van der Waals surface area contributed by atoms with Crippen LogP contribution in [0.3, 0.4) is 0 Å². The molecule has 0 saturated carbocycles. The van der Waals surface area contributed by atoms with E-state index >= 15 is 0 Å². The van der Waals surface area contributed by atoms with E-state index in [9.17, 15) is 18.4 Å². The molecule has 2 unspecified atom stereocenters. The first-order chi connectivity index (χ1) is 9.29. The average molecular weight is 290 g/mol. The van der Waals surface area contributed by atoms with Gasteiger partial charge in [-0.3, -0.25) is 4.79 Å². The van der Waals surface area contributed by atoms with Gasteiger partial charge in [0.05, 0.1) is 0 Å². The Hall–Kier alpha value is -2.06. The Morgan fingerprint density at radius 2 is 2.00 bits per heavy atom. The van der Waals surface area contributed by atoms with E-state index < -0.39 is 35.7 Å². The minimum Gasteiger partial charge on any atom is -0.476 e. The smallest absolute Gasteiger partial charge is 0.358 e. The lowest BCUT2D eigenvalue weighted by molar-refractivity contribution is -0.124. The molecule has 1 aromatic heterocycles. The second-order valence-corrected chi connectivity index (χ2v) is 4.37. The van der Waals surface area contributed by atoms with E-state index in [0.29, 0.717) is 11.1 Å². The van der Waals surface area contributed by atoms with Gasteiger partial charge in [-0.2, -0.15) is 0 Å². The molecule has 0 spiro atoms. The third-order valence-corrected chi connectivity index (χ3v) is 2.89. The Morgan fingerprint density at radius 1 is 1.40 bits per heavy atom. The third kappa shape index (κ3) is 3.28. The predicted molar refractivity (Wildman–Crippen MR) is 64.5 cm³/mol. The molecule has 20 heavy (non-hydrogen) atoms. The summed E-state index contributed by atoms with van der Waals surface area (Å²) in [6, 6.07) is -1.20.